The number of esters is 1. The number of aryl methyl sites for hydroxylation is 3. The first-order valence-corrected chi connectivity index (χ1v) is 7.54. The summed E-state index contributed by atoms with van der Waals surface area (Å²) in [6, 6.07) is 3.38. The Morgan fingerprint density at radius 3 is 2.48 bits per heavy atom. The van der Waals surface area contributed by atoms with Gasteiger partial charge in [0, 0.05) is 28.0 Å². The van der Waals surface area contributed by atoms with E-state index in [1.165, 1.54) is 6.07 Å². The third kappa shape index (κ3) is 2.52. The average molecular weight is 314 g/mol. The molecule has 5 heteroatoms. The molecule has 2 heterocycles. The molecule has 0 atom stereocenters. The van der Waals surface area contributed by atoms with Crippen molar-refractivity contribution in [3.05, 3.63) is 45.0 Å². The van der Waals surface area contributed by atoms with E-state index < -0.39 is 0 Å². The second kappa shape index (κ2) is 5.57. The molecule has 23 heavy (non-hydrogen) atoms. The maximum Gasteiger partial charge on any atom is 0.336 e. The van der Waals surface area contributed by atoms with Gasteiger partial charge in [0.2, 0.25) is 0 Å². The minimum atomic E-state index is -0.382. The molecule has 0 aliphatic rings. The number of hydrogen-bond donors (Lipinski definition) is 0. The first-order valence-electron chi connectivity index (χ1n) is 7.54. The van der Waals surface area contributed by atoms with E-state index in [1.54, 1.807) is 6.92 Å². The quantitative estimate of drug-likeness (QED) is 0.546. The zero-order valence-corrected chi connectivity index (χ0v) is 13.6. The molecular formula is C18H18O5. The van der Waals surface area contributed by atoms with Gasteiger partial charge < -0.3 is 13.6 Å². The van der Waals surface area contributed by atoms with E-state index in [4.69, 9.17) is 13.6 Å². The Labute approximate surface area is 132 Å². The minimum Gasteiger partial charge on any atom is -0.466 e. The third-order valence-electron chi connectivity index (χ3n) is 4.05. The average Bonchev–Trinajstić information content (AvgIpc) is 2.78. The molecule has 0 radical (unpaired) electrons. The molecule has 5 nitrogen and oxygen atoms in total. The highest BCUT2D eigenvalue weighted by Crippen LogP contribution is 2.34. The number of carbonyl (C=O) groups excluding carboxylic acids is 1. The van der Waals surface area contributed by atoms with Crippen LogP contribution in [0.5, 0.6) is 0 Å². The van der Waals surface area contributed by atoms with Crippen LogP contribution in [0.15, 0.2) is 25.8 Å². The van der Waals surface area contributed by atoms with Gasteiger partial charge in [0.1, 0.15) is 16.9 Å². The van der Waals surface area contributed by atoms with Gasteiger partial charge >= 0.3 is 11.6 Å². The Bertz CT molecular complexity index is 975. The Balaban J connectivity index is 2.30. The number of furan rings is 1. The molecular weight excluding hydrogens is 296 g/mol. The first kappa shape index (κ1) is 15.3. The zero-order valence-electron chi connectivity index (χ0n) is 13.6. The van der Waals surface area contributed by atoms with E-state index in [9.17, 15) is 9.59 Å². The van der Waals surface area contributed by atoms with Gasteiger partial charge in [-0.2, -0.15) is 0 Å². The molecule has 0 unspecified atom stereocenters. The van der Waals surface area contributed by atoms with Crippen molar-refractivity contribution < 1.29 is 18.4 Å². The third-order valence-corrected chi connectivity index (χ3v) is 4.05. The van der Waals surface area contributed by atoms with Gasteiger partial charge in [0.15, 0.2) is 0 Å². The number of rotatable bonds is 3. The van der Waals surface area contributed by atoms with Crippen molar-refractivity contribution in [2.75, 3.05) is 6.61 Å². The van der Waals surface area contributed by atoms with Gasteiger partial charge in [0.25, 0.3) is 0 Å². The maximum absolute atomic E-state index is 11.8. The maximum atomic E-state index is 11.8. The van der Waals surface area contributed by atoms with E-state index in [-0.39, 0.29) is 18.0 Å². The summed E-state index contributed by atoms with van der Waals surface area (Å²) in [4.78, 5) is 23.5. The van der Waals surface area contributed by atoms with Crippen LogP contribution in [0.4, 0.5) is 0 Å². The fourth-order valence-electron chi connectivity index (χ4n) is 2.93. The van der Waals surface area contributed by atoms with Crippen molar-refractivity contribution in [3.63, 3.8) is 0 Å². The van der Waals surface area contributed by atoms with Crippen LogP contribution in [0.1, 0.15) is 29.4 Å². The van der Waals surface area contributed by atoms with Crippen molar-refractivity contribution >= 4 is 27.9 Å². The Kier molecular flexibility index (Phi) is 3.72. The molecule has 0 saturated carbocycles. The molecule has 1 aromatic carbocycles. The summed E-state index contributed by atoms with van der Waals surface area (Å²) < 4.78 is 16.2. The molecule has 0 aliphatic carbocycles. The molecule has 2 aromatic heterocycles. The van der Waals surface area contributed by atoms with Gasteiger partial charge in [-0.05, 0) is 39.3 Å². The smallest absolute Gasteiger partial charge is 0.336 e. The van der Waals surface area contributed by atoms with Gasteiger partial charge in [-0.3, -0.25) is 4.79 Å². The van der Waals surface area contributed by atoms with Crippen molar-refractivity contribution in [1.29, 1.82) is 0 Å². The second-order valence-electron chi connectivity index (χ2n) is 5.62. The Morgan fingerprint density at radius 1 is 1.09 bits per heavy atom. The highest BCUT2D eigenvalue weighted by Gasteiger charge is 2.19. The van der Waals surface area contributed by atoms with E-state index in [1.807, 2.05) is 26.8 Å². The number of benzene rings is 1. The lowest BCUT2D eigenvalue weighted by Gasteiger charge is -2.05. The van der Waals surface area contributed by atoms with Crippen molar-refractivity contribution in [2.45, 2.75) is 34.1 Å². The molecule has 3 aromatic rings. The molecule has 0 bridgehead atoms. The van der Waals surface area contributed by atoms with Crippen LogP contribution in [0, 0.1) is 20.8 Å². The zero-order chi connectivity index (χ0) is 16.7. The molecule has 0 saturated heterocycles. The number of ether oxygens (including phenoxy) is 1. The van der Waals surface area contributed by atoms with Gasteiger partial charge in [-0.25, -0.2) is 4.79 Å². The standard InChI is InChI=1S/C18H18O5/c1-5-21-15(19)8-13-11(4)22-18-10(3)17-12(7-14(13)18)9(2)6-16(20)23-17/h6-7H,5,8H2,1-4H3. The summed E-state index contributed by atoms with van der Waals surface area (Å²) in [5.41, 5.74) is 3.20. The first-order chi connectivity index (χ1) is 10.9. The van der Waals surface area contributed by atoms with Crippen LogP contribution >= 0.6 is 0 Å². The highest BCUT2D eigenvalue weighted by atomic mass is 16.5. The molecule has 0 aliphatic heterocycles. The molecule has 120 valence electrons. The predicted octanol–water partition coefficient (Wildman–Crippen LogP) is 3.57. The number of hydrogen-bond acceptors (Lipinski definition) is 5. The minimum absolute atomic E-state index is 0.160. The summed E-state index contributed by atoms with van der Waals surface area (Å²) in [5.74, 6) is 0.388. The van der Waals surface area contributed by atoms with Crippen LogP contribution in [-0.4, -0.2) is 12.6 Å². The fourth-order valence-corrected chi connectivity index (χ4v) is 2.93. The van der Waals surface area contributed by atoms with Crippen LogP contribution in [0.2, 0.25) is 0 Å². The predicted molar refractivity (Wildman–Crippen MR) is 86.8 cm³/mol. The molecule has 0 spiro atoms. The molecule has 0 amide bonds. The van der Waals surface area contributed by atoms with E-state index in [2.05, 4.69) is 0 Å². The summed E-state index contributed by atoms with van der Waals surface area (Å²) in [7, 11) is 0. The van der Waals surface area contributed by atoms with Crippen LogP contribution in [0.25, 0.3) is 21.9 Å². The van der Waals surface area contributed by atoms with Gasteiger partial charge in [-0.15, -0.1) is 0 Å². The Morgan fingerprint density at radius 2 is 1.78 bits per heavy atom. The van der Waals surface area contributed by atoms with Crippen LogP contribution < -0.4 is 5.63 Å². The number of fused-ring (bicyclic) bond motifs is 2. The fraction of sp³-hybridized carbons (Fsp3) is 0.333. The van der Waals surface area contributed by atoms with Crippen LogP contribution in [-0.2, 0) is 16.0 Å². The summed E-state index contributed by atoms with van der Waals surface area (Å²) >= 11 is 0. The SMILES string of the molecule is CCOC(=O)Cc1c(C)oc2c(C)c3oc(=O)cc(C)c3cc12. The normalized spacial score (nSPS) is 11.3. The van der Waals surface area contributed by atoms with Crippen molar-refractivity contribution in [3.8, 4) is 0 Å². The molecule has 0 fully saturated rings. The molecule has 0 N–H and O–H groups in total. The second-order valence-corrected chi connectivity index (χ2v) is 5.62. The summed E-state index contributed by atoms with van der Waals surface area (Å²) in [6.07, 6.45) is 0.160. The summed E-state index contributed by atoms with van der Waals surface area (Å²) in [5, 5.41) is 1.71. The largest absolute Gasteiger partial charge is 0.466 e. The van der Waals surface area contributed by atoms with Gasteiger partial charge in [-0.1, -0.05) is 0 Å². The Hall–Kier alpha value is -2.56. The lowest BCUT2D eigenvalue weighted by Crippen LogP contribution is -2.07. The lowest BCUT2D eigenvalue weighted by molar-refractivity contribution is -0.142. The van der Waals surface area contributed by atoms with E-state index >= 15 is 0 Å². The monoisotopic (exact) mass is 314 g/mol. The topological polar surface area (TPSA) is 69.7 Å². The van der Waals surface area contributed by atoms with Crippen molar-refractivity contribution in [2.24, 2.45) is 0 Å². The summed E-state index contributed by atoms with van der Waals surface area (Å²) in [6.45, 7) is 7.66. The van der Waals surface area contributed by atoms with Crippen LogP contribution in [0.3, 0.4) is 0 Å². The number of carbonyl (C=O) groups is 1. The molecule has 3 rings (SSSR count). The van der Waals surface area contributed by atoms with E-state index in [0.717, 1.165) is 27.5 Å². The lowest BCUT2D eigenvalue weighted by atomic mass is 10.0. The van der Waals surface area contributed by atoms with Gasteiger partial charge in [0.05, 0.1) is 13.0 Å². The van der Waals surface area contributed by atoms with Crippen molar-refractivity contribution in [1.82, 2.24) is 0 Å². The highest BCUT2D eigenvalue weighted by molar-refractivity contribution is 6.00. The van der Waals surface area contributed by atoms with E-state index in [0.29, 0.717) is 23.5 Å².